The molecule has 1 aromatic heterocycles. The Labute approximate surface area is 98.9 Å². The average Bonchev–Trinajstić information content (AvgIpc) is 2.29. The standard InChI is InChI=1S/C12H13FN4/c1-17(12-15-6-5-11(14)16-12)8-9-3-2-4-10(13)7-9/h2-7H,8H2,1H3,(H2,14,15,16). The van der Waals surface area contributed by atoms with E-state index in [1.165, 1.54) is 12.1 Å². The van der Waals surface area contributed by atoms with E-state index in [2.05, 4.69) is 9.97 Å². The Balaban J connectivity index is 2.14. The summed E-state index contributed by atoms with van der Waals surface area (Å²) in [6.07, 6.45) is 1.60. The molecular formula is C12H13FN4. The number of halogens is 1. The largest absolute Gasteiger partial charge is 0.384 e. The Bertz CT molecular complexity index is 515. The summed E-state index contributed by atoms with van der Waals surface area (Å²) in [6.45, 7) is 0.529. The molecule has 1 aromatic carbocycles. The highest BCUT2D eigenvalue weighted by atomic mass is 19.1. The predicted molar refractivity (Wildman–Crippen MR) is 65.0 cm³/mol. The minimum atomic E-state index is -0.246. The maximum Gasteiger partial charge on any atom is 0.227 e. The topological polar surface area (TPSA) is 55.0 Å². The molecule has 0 spiro atoms. The van der Waals surface area contributed by atoms with E-state index in [-0.39, 0.29) is 5.82 Å². The summed E-state index contributed by atoms with van der Waals surface area (Å²) in [6, 6.07) is 8.06. The van der Waals surface area contributed by atoms with E-state index in [0.29, 0.717) is 18.3 Å². The van der Waals surface area contributed by atoms with Gasteiger partial charge in [0.05, 0.1) is 0 Å². The first kappa shape index (κ1) is 11.3. The molecule has 0 amide bonds. The van der Waals surface area contributed by atoms with Gasteiger partial charge < -0.3 is 10.6 Å². The van der Waals surface area contributed by atoms with Gasteiger partial charge in [0.2, 0.25) is 5.95 Å². The number of hydrogen-bond acceptors (Lipinski definition) is 4. The molecule has 1 heterocycles. The number of anilines is 2. The van der Waals surface area contributed by atoms with E-state index >= 15 is 0 Å². The fourth-order valence-corrected chi connectivity index (χ4v) is 1.53. The Kier molecular flexibility index (Phi) is 3.18. The van der Waals surface area contributed by atoms with Crippen LogP contribution in [0.4, 0.5) is 16.2 Å². The smallest absolute Gasteiger partial charge is 0.227 e. The van der Waals surface area contributed by atoms with E-state index < -0.39 is 0 Å². The van der Waals surface area contributed by atoms with Crippen molar-refractivity contribution in [1.29, 1.82) is 0 Å². The van der Waals surface area contributed by atoms with Gasteiger partial charge in [-0.2, -0.15) is 4.98 Å². The van der Waals surface area contributed by atoms with Gasteiger partial charge in [-0.05, 0) is 23.8 Å². The summed E-state index contributed by atoms with van der Waals surface area (Å²) in [5, 5.41) is 0. The second-order valence-corrected chi connectivity index (χ2v) is 3.77. The highest BCUT2D eigenvalue weighted by molar-refractivity contribution is 5.37. The quantitative estimate of drug-likeness (QED) is 0.877. The first-order chi connectivity index (χ1) is 8.15. The monoisotopic (exact) mass is 232 g/mol. The van der Waals surface area contributed by atoms with E-state index in [1.807, 2.05) is 18.0 Å². The van der Waals surface area contributed by atoms with Crippen molar-refractivity contribution in [1.82, 2.24) is 9.97 Å². The third-order valence-electron chi connectivity index (χ3n) is 2.31. The Hall–Kier alpha value is -2.17. The van der Waals surface area contributed by atoms with Crippen LogP contribution >= 0.6 is 0 Å². The molecule has 0 aliphatic rings. The molecule has 5 heteroatoms. The summed E-state index contributed by atoms with van der Waals surface area (Å²) in [5.74, 6) is 0.694. The summed E-state index contributed by atoms with van der Waals surface area (Å²) < 4.78 is 13.0. The lowest BCUT2D eigenvalue weighted by molar-refractivity contribution is 0.625. The Morgan fingerprint density at radius 1 is 1.35 bits per heavy atom. The van der Waals surface area contributed by atoms with Crippen LogP contribution in [0.5, 0.6) is 0 Å². The zero-order chi connectivity index (χ0) is 12.3. The zero-order valence-electron chi connectivity index (χ0n) is 9.47. The van der Waals surface area contributed by atoms with E-state index in [0.717, 1.165) is 5.56 Å². The van der Waals surface area contributed by atoms with Crippen molar-refractivity contribution in [2.45, 2.75) is 6.54 Å². The van der Waals surface area contributed by atoms with Crippen LogP contribution in [0.1, 0.15) is 5.56 Å². The van der Waals surface area contributed by atoms with Crippen LogP contribution in [0.15, 0.2) is 36.5 Å². The van der Waals surface area contributed by atoms with E-state index in [9.17, 15) is 4.39 Å². The molecule has 0 radical (unpaired) electrons. The number of nitrogen functional groups attached to an aromatic ring is 1. The SMILES string of the molecule is CN(Cc1cccc(F)c1)c1nccc(N)n1. The van der Waals surface area contributed by atoms with Crippen molar-refractivity contribution in [3.63, 3.8) is 0 Å². The summed E-state index contributed by atoms with van der Waals surface area (Å²) >= 11 is 0. The zero-order valence-corrected chi connectivity index (χ0v) is 9.47. The number of nitrogens with two attached hydrogens (primary N) is 1. The molecule has 17 heavy (non-hydrogen) atoms. The van der Waals surface area contributed by atoms with Crippen molar-refractivity contribution >= 4 is 11.8 Å². The fourth-order valence-electron chi connectivity index (χ4n) is 1.53. The minimum Gasteiger partial charge on any atom is -0.384 e. The van der Waals surface area contributed by atoms with Gasteiger partial charge in [0.25, 0.3) is 0 Å². The molecule has 4 nitrogen and oxygen atoms in total. The van der Waals surface area contributed by atoms with Gasteiger partial charge in [0.1, 0.15) is 11.6 Å². The van der Waals surface area contributed by atoms with Gasteiger partial charge in [-0.15, -0.1) is 0 Å². The van der Waals surface area contributed by atoms with Gasteiger partial charge >= 0.3 is 0 Å². The van der Waals surface area contributed by atoms with Crippen LogP contribution < -0.4 is 10.6 Å². The molecule has 0 atom stereocenters. The van der Waals surface area contributed by atoms with Crippen molar-refractivity contribution in [3.8, 4) is 0 Å². The van der Waals surface area contributed by atoms with Gasteiger partial charge in [-0.25, -0.2) is 9.37 Å². The van der Waals surface area contributed by atoms with Crippen LogP contribution in [0, 0.1) is 5.82 Å². The van der Waals surface area contributed by atoms with E-state index in [4.69, 9.17) is 5.73 Å². The second-order valence-electron chi connectivity index (χ2n) is 3.77. The van der Waals surface area contributed by atoms with Crippen LogP contribution in [-0.4, -0.2) is 17.0 Å². The Morgan fingerprint density at radius 2 is 2.18 bits per heavy atom. The van der Waals surface area contributed by atoms with Crippen LogP contribution in [0.3, 0.4) is 0 Å². The molecule has 0 bridgehead atoms. The van der Waals surface area contributed by atoms with Crippen molar-refractivity contribution in [2.75, 3.05) is 17.7 Å². The summed E-state index contributed by atoms with van der Waals surface area (Å²) in [5.41, 5.74) is 6.44. The van der Waals surface area contributed by atoms with Gasteiger partial charge in [-0.3, -0.25) is 0 Å². The molecule has 0 aliphatic heterocycles. The predicted octanol–water partition coefficient (Wildman–Crippen LogP) is 1.83. The second kappa shape index (κ2) is 4.78. The van der Waals surface area contributed by atoms with Crippen LogP contribution in [0.25, 0.3) is 0 Å². The summed E-state index contributed by atoms with van der Waals surface area (Å²) in [7, 11) is 1.83. The Morgan fingerprint density at radius 3 is 2.88 bits per heavy atom. The molecule has 2 N–H and O–H groups in total. The average molecular weight is 232 g/mol. The lowest BCUT2D eigenvalue weighted by atomic mass is 10.2. The molecule has 0 saturated carbocycles. The number of aromatic nitrogens is 2. The van der Waals surface area contributed by atoms with E-state index in [1.54, 1.807) is 18.3 Å². The molecule has 0 saturated heterocycles. The first-order valence-electron chi connectivity index (χ1n) is 5.19. The normalized spacial score (nSPS) is 10.2. The minimum absolute atomic E-state index is 0.246. The third-order valence-corrected chi connectivity index (χ3v) is 2.31. The van der Waals surface area contributed by atoms with Crippen LogP contribution in [0.2, 0.25) is 0 Å². The van der Waals surface area contributed by atoms with Crippen molar-refractivity contribution in [2.24, 2.45) is 0 Å². The number of hydrogen-bond donors (Lipinski definition) is 1. The molecule has 88 valence electrons. The molecule has 2 aromatic rings. The van der Waals surface area contributed by atoms with Gasteiger partial charge in [-0.1, -0.05) is 12.1 Å². The molecule has 0 aliphatic carbocycles. The third kappa shape index (κ3) is 2.90. The number of rotatable bonds is 3. The molecule has 0 unspecified atom stereocenters. The first-order valence-corrected chi connectivity index (χ1v) is 5.19. The van der Waals surface area contributed by atoms with Gasteiger partial charge in [0, 0.05) is 19.8 Å². The summed E-state index contributed by atoms with van der Waals surface area (Å²) in [4.78, 5) is 10.0. The maximum atomic E-state index is 13.0. The number of nitrogens with zero attached hydrogens (tertiary/aromatic N) is 3. The van der Waals surface area contributed by atoms with Crippen LogP contribution in [-0.2, 0) is 6.54 Å². The molecular weight excluding hydrogens is 219 g/mol. The maximum absolute atomic E-state index is 13.0. The fraction of sp³-hybridized carbons (Fsp3) is 0.167. The highest BCUT2D eigenvalue weighted by Gasteiger charge is 2.05. The van der Waals surface area contributed by atoms with Gasteiger partial charge in [0.15, 0.2) is 0 Å². The lowest BCUT2D eigenvalue weighted by Crippen LogP contribution is -2.19. The molecule has 2 rings (SSSR count). The highest BCUT2D eigenvalue weighted by Crippen LogP contribution is 2.11. The van der Waals surface area contributed by atoms with Crippen molar-refractivity contribution in [3.05, 3.63) is 47.9 Å². The van der Waals surface area contributed by atoms with Crippen molar-refractivity contribution < 1.29 is 4.39 Å². The number of benzene rings is 1. The molecule has 0 fully saturated rings. The lowest BCUT2D eigenvalue weighted by Gasteiger charge is -2.16.